The Hall–Kier alpha value is -0.120. The van der Waals surface area contributed by atoms with Crippen LogP contribution in [0.25, 0.3) is 0 Å². The highest BCUT2D eigenvalue weighted by Gasteiger charge is 2.16. The zero-order valence-electron chi connectivity index (χ0n) is 8.66. The lowest BCUT2D eigenvalue weighted by atomic mass is 10.1. The van der Waals surface area contributed by atoms with E-state index in [1.807, 2.05) is 0 Å². The number of ether oxygens (including phenoxy) is 2. The summed E-state index contributed by atoms with van der Waals surface area (Å²) in [6.07, 6.45) is 1.14. The summed E-state index contributed by atoms with van der Waals surface area (Å²) in [4.78, 5) is 0. The Morgan fingerprint density at radius 3 is 2.85 bits per heavy atom. The van der Waals surface area contributed by atoms with Crippen LogP contribution in [0.2, 0.25) is 0 Å². The second-order valence-electron chi connectivity index (χ2n) is 4.17. The topological polar surface area (TPSA) is 44.5 Å². The lowest BCUT2D eigenvalue weighted by molar-refractivity contribution is 0.0736. The zero-order valence-corrected chi connectivity index (χ0v) is 8.66. The largest absolute Gasteiger partial charge is 0.381 e. The number of nitrogens with two attached hydrogens (primary N) is 1. The Kier molecular flexibility index (Phi) is 4.70. The molecule has 0 saturated carbocycles. The SMILES string of the molecule is CC(C)C(N)COCC1CCOC1. The van der Waals surface area contributed by atoms with E-state index in [1.54, 1.807) is 0 Å². The molecular formula is C10H21NO2. The van der Waals surface area contributed by atoms with Gasteiger partial charge in [0.05, 0.1) is 19.8 Å². The Balaban J connectivity index is 1.99. The van der Waals surface area contributed by atoms with Crippen molar-refractivity contribution in [3.05, 3.63) is 0 Å². The fraction of sp³-hybridized carbons (Fsp3) is 1.00. The van der Waals surface area contributed by atoms with E-state index in [0.717, 1.165) is 26.2 Å². The molecule has 0 aromatic heterocycles. The van der Waals surface area contributed by atoms with Crippen molar-refractivity contribution in [2.75, 3.05) is 26.4 Å². The van der Waals surface area contributed by atoms with E-state index in [1.165, 1.54) is 0 Å². The number of hydrogen-bond donors (Lipinski definition) is 1. The van der Waals surface area contributed by atoms with Crippen molar-refractivity contribution >= 4 is 0 Å². The van der Waals surface area contributed by atoms with Crippen LogP contribution in [0.1, 0.15) is 20.3 Å². The fourth-order valence-electron chi connectivity index (χ4n) is 1.28. The molecule has 1 saturated heterocycles. The van der Waals surface area contributed by atoms with Crippen LogP contribution in [0.15, 0.2) is 0 Å². The lowest BCUT2D eigenvalue weighted by Crippen LogP contribution is -2.32. The first-order valence-corrected chi connectivity index (χ1v) is 5.11. The van der Waals surface area contributed by atoms with E-state index in [9.17, 15) is 0 Å². The first kappa shape index (κ1) is 11.0. The molecule has 0 aromatic rings. The van der Waals surface area contributed by atoms with E-state index >= 15 is 0 Å². The Morgan fingerprint density at radius 2 is 2.31 bits per heavy atom. The summed E-state index contributed by atoms with van der Waals surface area (Å²) in [7, 11) is 0. The van der Waals surface area contributed by atoms with Crippen molar-refractivity contribution < 1.29 is 9.47 Å². The highest BCUT2D eigenvalue weighted by atomic mass is 16.5. The monoisotopic (exact) mass is 187 g/mol. The second-order valence-corrected chi connectivity index (χ2v) is 4.17. The minimum Gasteiger partial charge on any atom is -0.381 e. The van der Waals surface area contributed by atoms with Gasteiger partial charge in [0.2, 0.25) is 0 Å². The molecule has 1 fully saturated rings. The van der Waals surface area contributed by atoms with Gasteiger partial charge in [0.15, 0.2) is 0 Å². The van der Waals surface area contributed by atoms with Crippen molar-refractivity contribution in [3.63, 3.8) is 0 Å². The highest BCUT2D eigenvalue weighted by molar-refractivity contribution is 4.66. The van der Waals surface area contributed by atoms with E-state index in [4.69, 9.17) is 15.2 Å². The minimum absolute atomic E-state index is 0.169. The van der Waals surface area contributed by atoms with Crippen molar-refractivity contribution in [1.29, 1.82) is 0 Å². The molecule has 1 aliphatic rings. The van der Waals surface area contributed by atoms with Crippen molar-refractivity contribution in [2.45, 2.75) is 26.3 Å². The number of rotatable bonds is 5. The summed E-state index contributed by atoms with van der Waals surface area (Å²) in [6, 6.07) is 0.169. The molecule has 3 heteroatoms. The van der Waals surface area contributed by atoms with E-state index in [-0.39, 0.29) is 6.04 Å². The van der Waals surface area contributed by atoms with E-state index < -0.39 is 0 Å². The second kappa shape index (κ2) is 5.58. The Bertz CT molecular complexity index is 131. The van der Waals surface area contributed by atoms with Crippen LogP contribution in [0.3, 0.4) is 0 Å². The van der Waals surface area contributed by atoms with Crippen molar-refractivity contribution in [3.8, 4) is 0 Å². The van der Waals surface area contributed by atoms with Crippen LogP contribution in [0.4, 0.5) is 0 Å². The minimum atomic E-state index is 0.169. The Morgan fingerprint density at radius 1 is 1.54 bits per heavy atom. The molecule has 2 N–H and O–H groups in total. The summed E-state index contributed by atoms with van der Waals surface area (Å²) in [5.74, 6) is 1.10. The molecule has 0 bridgehead atoms. The van der Waals surface area contributed by atoms with Crippen LogP contribution in [0.5, 0.6) is 0 Å². The third-order valence-corrected chi connectivity index (χ3v) is 2.54. The summed E-state index contributed by atoms with van der Waals surface area (Å²) >= 11 is 0. The van der Waals surface area contributed by atoms with Gasteiger partial charge in [0.1, 0.15) is 0 Å². The maximum absolute atomic E-state index is 5.84. The molecule has 1 heterocycles. The van der Waals surface area contributed by atoms with Crippen LogP contribution in [0, 0.1) is 11.8 Å². The van der Waals surface area contributed by atoms with Crippen molar-refractivity contribution in [1.82, 2.24) is 0 Å². The molecule has 3 nitrogen and oxygen atoms in total. The van der Waals surface area contributed by atoms with E-state index in [2.05, 4.69) is 13.8 Å². The average Bonchev–Trinajstić information content (AvgIpc) is 2.56. The molecule has 1 aliphatic heterocycles. The fourth-order valence-corrected chi connectivity index (χ4v) is 1.28. The quantitative estimate of drug-likeness (QED) is 0.699. The van der Waals surface area contributed by atoms with Crippen LogP contribution < -0.4 is 5.73 Å². The molecule has 13 heavy (non-hydrogen) atoms. The third-order valence-electron chi connectivity index (χ3n) is 2.54. The summed E-state index contributed by atoms with van der Waals surface area (Å²) < 4.78 is 10.8. The predicted molar refractivity (Wildman–Crippen MR) is 52.6 cm³/mol. The molecule has 0 radical (unpaired) electrons. The van der Waals surface area contributed by atoms with Crippen molar-refractivity contribution in [2.24, 2.45) is 17.6 Å². The van der Waals surface area contributed by atoms with Gasteiger partial charge in [0.25, 0.3) is 0 Å². The summed E-state index contributed by atoms with van der Waals surface area (Å²) in [5.41, 5.74) is 5.84. The lowest BCUT2D eigenvalue weighted by Gasteiger charge is -2.16. The van der Waals surface area contributed by atoms with Gasteiger partial charge in [-0.2, -0.15) is 0 Å². The molecular weight excluding hydrogens is 166 g/mol. The zero-order chi connectivity index (χ0) is 9.68. The average molecular weight is 187 g/mol. The predicted octanol–water partition coefficient (Wildman–Crippen LogP) is 1.02. The molecule has 2 atom stereocenters. The van der Waals surface area contributed by atoms with Gasteiger partial charge in [-0.25, -0.2) is 0 Å². The summed E-state index contributed by atoms with van der Waals surface area (Å²) in [6.45, 7) is 7.47. The van der Waals surface area contributed by atoms with Crippen LogP contribution in [-0.2, 0) is 9.47 Å². The first-order valence-electron chi connectivity index (χ1n) is 5.11. The van der Waals surface area contributed by atoms with Gasteiger partial charge in [-0.15, -0.1) is 0 Å². The van der Waals surface area contributed by atoms with Gasteiger partial charge in [-0.3, -0.25) is 0 Å². The molecule has 0 aromatic carbocycles. The van der Waals surface area contributed by atoms with Gasteiger partial charge in [-0.05, 0) is 12.3 Å². The summed E-state index contributed by atoms with van der Waals surface area (Å²) in [5, 5.41) is 0. The molecule has 0 amide bonds. The number of hydrogen-bond acceptors (Lipinski definition) is 3. The van der Waals surface area contributed by atoms with Crippen LogP contribution >= 0.6 is 0 Å². The maximum Gasteiger partial charge on any atom is 0.0620 e. The molecule has 2 unspecified atom stereocenters. The molecule has 1 rings (SSSR count). The van der Waals surface area contributed by atoms with Gasteiger partial charge < -0.3 is 15.2 Å². The normalized spacial score (nSPS) is 25.4. The van der Waals surface area contributed by atoms with Gasteiger partial charge in [0, 0.05) is 18.6 Å². The van der Waals surface area contributed by atoms with Crippen LogP contribution in [-0.4, -0.2) is 32.5 Å². The standard InChI is InChI=1S/C10H21NO2/c1-8(2)10(11)7-13-6-9-3-4-12-5-9/h8-10H,3-7,11H2,1-2H3. The molecule has 0 spiro atoms. The van der Waals surface area contributed by atoms with Gasteiger partial charge in [-0.1, -0.05) is 13.8 Å². The third kappa shape index (κ3) is 4.07. The molecule has 78 valence electrons. The smallest absolute Gasteiger partial charge is 0.0620 e. The van der Waals surface area contributed by atoms with E-state index in [0.29, 0.717) is 18.4 Å². The maximum atomic E-state index is 5.84. The van der Waals surface area contributed by atoms with Gasteiger partial charge >= 0.3 is 0 Å². The molecule has 0 aliphatic carbocycles. The Labute approximate surface area is 80.6 Å². The first-order chi connectivity index (χ1) is 6.20. The highest BCUT2D eigenvalue weighted by Crippen LogP contribution is 2.12.